The van der Waals surface area contributed by atoms with Crippen LogP contribution in [0.15, 0.2) is 0 Å². The molecular weight excluding hydrogens is 157 g/mol. The van der Waals surface area contributed by atoms with E-state index in [1.54, 1.807) is 7.11 Å². The van der Waals surface area contributed by atoms with Gasteiger partial charge in [0.05, 0.1) is 0 Å². The van der Waals surface area contributed by atoms with Gasteiger partial charge in [0.2, 0.25) is 0 Å². The van der Waals surface area contributed by atoms with Crippen LogP contribution in [0.2, 0.25) is 0 Å². The summed E-state index contributed by atoms with van der Waals surface area (Å²) in [5, 5.41) is 0. The fraction of sp³-hybridized carbons (Fsp3) is 1.00. The van der Waals surface area contributed by atoms with Crippen LogP contribution in [0.5, 0.6) is 0 Å². The number of alkyl halides is 1. The molecule has 2 nitrogen and oxygen atoms in total. The average molecular weight is 177 g/mol. The van der Waals surface area contributed by atoms with Crippen LogP contribution in [0.25, 0.3) is 0 Å². The molecule has 0 aromatic heterocycles. The molecule has 0 saturated carbocycles. The Kier molecular flexibility index (Phi) is 5.42. The molecule has 0 heterocycles. The highest BCUT2D eigenvalue weighted by atomic mass is 19.1. The third-order valence-electron chi connectivity index (χ3n) is 2.57. The van der Waals surface area contributed by atoms with E-state index >= 15 is 0 Å². The molecule has 2 unspecified atom stereocenters. The highest BCUT2D eigenvalue weighted by Crippen LogP contribution is 2.27. The van der Waals surface area contributed by atoms with Crippen molar-refractivity contribution in [1.82, 2.24) is 0 Å². The van der Waals surface area contributed by atoms with Crippen molar-refractivity contribution in [2.45, 2.75) is 32.4 Å². The third-order valence-corrected chi connectivity index (χ3v) is 2.57. The van der Waals surface area contributed by atoms with E-state index in [-0.39, 0.29) is 12.5 Å². The van der Waals surface area contributed by atoms with Crippen LogP contribution in [0.3, 0.4) is 0 Å². The van der Waals surface area contributed by atoms with Gasteiger partial charge in [0.25, 0.3) is 0 Å². The third kappa shape index (κ3) is 3.07. The van der Waals surface area contributed by atoms with Crippen molar-refractivity contribution in [3.8, 4) is 0 Å². The summed E-state index contributed by atoms with van der Waals surface area (Å²) in [6, 6.07) is 0. The zero-order chi connectivity index (χ0) is 9.61. The summed E-state index contributed by atoms with van der Waals surface area (Å²) in [4.78, 5) is 0. The van der Waals surface area contributed by atoms with E-state index in [0.717, 1.165) is 6.42 Å². The van der Waals surface area contributed by atoms with E-state index in [1.165, 1.54) is 0 Å². The second-order valence-corrected chi connectivity index (χ2v) is 3.27. The number of rotatable bonds is 6. The van der Waals surface area contributed by atoms with Gasteiger partial charge in [-0.15, -0.1) is 0 Å². The quantitative estimate of drug-likeness (QED) is 0.670. The number of nitrogens with two attached hydrogens (primary N) is 1. The summed E-state index contributed by atoms with van der Waals surface area (Å²) in [5.74, 6) is -0.0209. The summed E-state index contributed by atoms with van der Waals surface area (Å²) < 4.78 is 18.7. The Labute approximate surface area is 74.3 Å². The minimum atomic E-state index is -1.21. The second-order valence-electron chi connectivity index (χ2n) is 3.27. The van der Waals surface area contributed by atoms with E-state index in [0.29, 0.717) is 13.0 Å². The highest BCUT2D eigenvalue weighted by Gasteiger charge is 2.32. The lowest BCUT2D eigenvalue weighted by Crippen LogP contribution is -2.39. The highest BCUT2D eigenvalue weighted by molar-refractivity contribution is 4.84. The normalized spacial score (nSPS) is 18.8. The fourth-order valence-corrected chi connectivity index (χ4v) is 1.25. The zero-order valence-electron chi connectivity index (χ0n) is 8.27. The Bertz CT molecular complexity index is 115. The molecule has 0 saturated heterocycles. The summed E-state index contributed by atoms with van der Waals surface area (Å²) in [6.07, 6.45) is 1.21. The van der Waals surface area contributed by atoms with Gasteiger partial charge in [0, 0.05) is 20.3 Å². The minimum Gasteiger partial charge on any atom is -0.385 e. The number of methoxy groups -OCH3 is 1. The lowest BCUT2D eigenvalue weighted by Gasteiger charge is -2.28. The van der Waals surface area contributed by atoms with Crippen LogP contribution < -0.4 is 5.73 Å². The van der Waals surface area contributed by atoms with Gasteiger partial charge in [0.15, 0.2) is 0 Å². The first kappa shape index (κ1) is 11.8. The van der Waals surface area contributed by atoms with Gasteiger partial charge in [-0.05, 0) is 18.8 Å². The Morgan fingerprint density at radius 1 is 1.58 bits per heavy atom. The second kappa shape index (κ2) is 5.49. The van der Waals surface area contributed by atoms with E-state index in [2.05, 4.69) is 0 Å². The van der Waals surface area contributed by atoms with Crippen molar-refractivity contribution in [1.29, 1.82) is 0 Å². The lowest BCUT2D eigenvalue weighted by molar-refractivity contribution is 0.0680. The topological polar surface area (TPSA) is 35.2 Å². The molecule has 3 heteroatoms. The number of halogens is 1. The number of ether oxygens (including phenoxy) is 1. The van der Waals surface area contributed by atoms with Crippen molar-refractivity contribution >= 4 is 0 Å². The molecule has 0 rings (SSSR count). The Balaban J connectivity index is 3.93. The molecule has 12 heavy (non-hydrogen) atoms. The van der Waals surface area contributed by atoms with Gasteiger partial charge < -0.3 is 10.5 Å². The summed E-state index contributed by atoms with van der Waals surface area (Å²) in [5.41, 5.74) is 4.16. The summed E-state index contributed by atoms with van der Waals surface area (Å²) in [6.45, 7) is 4.42. The van der Waals surface area contributed by atoms with Crippen LogP contribution in [0.4, 0.5) is 4.39 Å². The van der Waals surface area contributed by atoms with Gasteiger partial charge in [-0.1, -0.05) is 13.8 Å². The molecular formula is C9H20FNO. The molecule has 0 radical (unpaired) electrons. The van der Waals surface area contributed by atoms with Gasteiger partial charge in [-0.2, -0.15) is 0 Å². The first-order valence-electron chi connectivity index (χ1n) is 4.48. The molecule has 0 bridgehead atoms. The van der Waals surface area contributed by atoms with Crippen molar-refractivity contribution in [3.63, 3.8) is 0 Å². The molecule has 0 aromatic carbocycles. The maximum Gasteiger partial charge on any atom is 0.125 e. The van der Waals surface area contributed by atoms with Gasteiger partial charge in [-0.25, -0.2) is 4.39 Å². The Morgan fingerprint density at radius 2 is 2.17 bits per heavy atom. The van der Waals surface area contributed by atoms with E-state index in [4.69, 9.17) is 10.5 Å². The lowest BCUT2D eigenvalue weighted by atomic mass is 9.86. The maximum absolute atomic E-state index is 13.8. The van der Waals surface area contributed by atoms with E-state index < -0.39 is 5.67 Å². The van der Waals surface area contributed by atoms with Crippen LogP contribution in [-0.2, 0) is 4.74 Å². The molecule has 0 fully saturated rings. The van der Waals surface area contributed by atoms with Gasteiger partial charge in [0.1, 0.15) is 5.67 Å². The first-order valence-corrected chi connectivity index (χ1v) is 4.48. The maximum atomic E-state index is 13.8. The summed E-state index contributed by atoms with van der Waals surface area (Å²) >= 11 is 0. The predicted molar refractivity (Wildman–Crippen MR) is 48.8 cm³/mol. The zero-order valence-corrected chi connectivity index (χ0v) is 8.27. The molecule has 0 aliphatic carbocycles. The van der Waals surface area contributed by atoms with Crippen LogP contribution in [0, 0.1) is 5.92 Å². The summed E-state index contributed by atoms with van der Waals surface area (Å²) in [7, 11) is 1.63. The van der Waals surface area contributed by atoms with Crippen molar-refractivity contribution in [3.05, 3.63) is 0 Å². The van der Waals surface area contributed by atoms with Crippen molar-refractivity contribution < 1.29 is 9.13 Å². The molecule has 0 aliphatic heterocycles. The smallest absolute Gasteiger partial charge is 0.125 e. The Morgan fingerprint density at radius 3 is 2.50 bits per heavy atom. The van der Waals surface area contributed by atoms with E-state index in [9.17, 15) is 4.39 Å². The molecule has 0 spiro atoms. The number of hydrogen-bond acceptors (Lipinski definition) is 2. The van der Waals surface area contributed by atoms with Gasteiger partial charge >= 0.3 is 0 Å². The fourth-order valence-electron chi connectivity index (χ4n) is 1.25. The van der Waals surface area contributed by atoms with Crippen LogP contribution in [0.1, 0.15) is 26.7 Å². The molecule has 0 aliphatic rings. The van der Waals surface area contributed by atoms with Crippen molar-refractivity contribution in [2.75, 3.05) is 20.3 Å². The first-order chi connectivity index (χ1) is 5.60. The van der Waals surface area contributed by atoms with E-state index in [1.807, 2.05) is 13.8 Å². The molecule has 0 amide bonds. The number of hydrogen-bond donors (Lipinski definition) is 1. The monoisotopic (exact) mass is 177 g/mol. The van der Waals surface area contributed by atoms with Crippen LogP contribution in [-0.4, -0.2) is 25.9 Å². The predicted octanol–water partition coefficient (Wildman–Crippen LogP) is 1.74. The van der Waals surface area contributed by atoms with Gasteiger partial charge in [-0.3, -0.25) is 0 Å². The largest absolute Gasteiger partial charge is 0.385 e. The minimum absolute atomic E-state index is 0.0209. The SMILES string of the molecule is CCC(F)(CN)C(C)CCOC. The molecule has 2 atom stereocenters. The van der Waals surface area contributed by atoms with Crippen LogP contribution >= 0.6 is 0 Å². The average Bonchev–Trinajstić information content (AvgIpc) is 2.12. The Hall–Kier alpha value is -0.150. The standard InChI is InChI=1S/C9H20FNO/c1-4-9(10,7-11)8(2)5-6-12-3/h8H,4-7,11H2,1-3H3. The molecule has 74 valence electrons. The molecule has 2 N–H and O–H groups in total. The van der Waals surface area contributed by atoms with Crippen molar-refractivity contribution in [2.24, 2.45) is 11.7 Å². The molecule has 0 aromatic rings.